The maximum absolute atomic E-state index is 8.83. The molecule has 0 bridgehead atoms. The number of furan rings is 2. The van der Waals surface area contributed by atoms with Crippen molar-refractivity contribution in [2.24, 2.45) is 0 Å². The number of rotatable bonds is 7. The van der Waals surface area contributed by atoms with E-state index in [1.165, 1.54) is 33.0 Å². The number of para-hydroxylation sites is 2. The Labute approximate surface area is 616 Å². The molecule has 7 aromatic heterocycles. The van der Waals surface area contributed by atoms with E-state index >= 15 is 0 Å². The molecule has 0 saturated carbocycles. The molecule has 0 saturated heterocycles. The van der Waals surface area contributed by atoms with Gasteiger partial charge in [0, 0.05) is 129 Å². The number of hydrogen-bond acceptors (Lipinski definition) is 10. The van der Waals surface area contributed by atoms with Crippen molar-refractivity contribution in [3.05, 3.63) is 331 Å². The number of nitrogens with zero attached hydrogens (tertiary/aromatic N) is 7. The van der Waals surface area contributed by atoms with Crippen LogP contribution in [0.4, 0.5) is 0 Å². The van der Waals surface area contributed by atoms with Gasteiger partial charge in [-0.15, -0.1) is 22.7 Å². The van der Waals surface area contributed by atoms with Crippen LogP contribution in [0.5, 0.6) is 0 Å². The van der Waals surface area contributed by atoms with Gasteiger partial charge in [-0.25, -0.2) is 29.9 Å². The first-order valence-electron chi connectivity index (χ1n) is 38.3. The van der Waals surface area contributed by atoms with E-state index in [1.807, 2.05) is 103 Å². The summed E-state index contributed by atoms with van der Waals surface area (Å²) in [6.45, 7) is 0. The lowest BCUT2D eigenvalue weighted by Crippen LogP contribution is -2.00. The molecular formula is C91H54ClN7O2S2. The standard InChI is InChI=1S/C45H26N4OS.C33H18ClN3OS.C13H10/c1-2-12-27(13-3-1)43-46-44(48-45(47-43)35-19-10-17-32-31-16-6-9-23-40(31)51-42(32)35)34-18-11-22-38-41(34)33-25-24-28(26-39(33)50-38)49-36-20-7-4-14-29(36)30-15-5-8-21-37(30)49;34-20-16-17-23-27(18-20)38-26-14-7-12-24(29(23)26)32-35-31(19-8-2-1-3-9-19)36-33(37-32)25-13-6-11-22-21-10-4-5-15-28(21)39-30(22)25;1-3-7-12-10(5-1)9-11-6-2-4-8-13(11)12/h1-26H;1-18H;1-8H,9H2/i1D,2D,3D,12D,13D;1D,2D,3D,8D,9D;. The Morgan fingerprint density at radius 1 is 0.320 bits per heavy atom. The average molecular weight is 1390 g/mol. The van der Waals surface area contributed by atoms with E-state index in [9.17, 15) is 0 Å². The van der Waals surface area contributed by atoms with Crippen molar-refractivity contribution in [1.82, 2.24) is 34.5 Å². The fourth-order valence-electron chi connectivity index (χ4n) is 14.4. The molecule has 0 unspecified atom stereocenters. The lowest BCUT2D eigenvalue weighted by atomic mass is 10.0. The van der Waals surface area contributed by atoms with Crippen molar-refractivity contribution in [3.63, 3.8) is 0 Å². The molecule has 1 aliphatic rings. The summed E-state index contributed by atoms with van der Waals surface area (Å²) in [5, 5.41) is 10.4. The summed E-state index contributed by atoms with van der Waals surface area (Å²) in [5.41, 5.74) is 14.0. The summed E-state index contributed by atoms with van der Waals surface area (Å²) in [6.07, 6.45) is 1.10. The first-order chi connectivity index (χ1) is 55.1. The highest BCUT2D eigenvalue weighted by Gasteiger charge is 2.24. The van der Waals surface area contributed by atoms with Crippen molar-refractivity contribution in [2.45, 2.75) is 6.42 Å². The first-order valence-corrected chi connectivity index (χ1v) is 35.3. The Morgan fingerprint density at radius 3 is 1.22 bits per heavy atom. The molecule has 1 aliphatic carbocycles. The van der Waals surface area contributed by atoms with E-state index in [1.54, 1.807) is 34.8 Å². The Balaban J connectivity index is 0.000000129. The van der Waals surface area contributed by atoms with Gasteiger partial charge in [0.25, 0.3) is 0 Å². The third-order valence-electron chi connectivity index (χ3n) is 19.0. The molecule has 0 spiro atoms. The van der Waals surface area contributed by atoms with Gasteiger partial charge < -0.3 is 13.4 Å². The smallest absolute Gasteiger partial charge is 0.165 e. The fraction of sp³-hybridized carbons (Fsp3) is 0.0110. The van der Waals surface area contributed by atoms with Gasteiger partial charge in [0.05, 0.1) is 24.7 Å². The maximum atomic E-state index is 8.83. The molecule has 21 aromatic rings. The van der Waals surface area contributed by atoms with Crippen LogP contribution in [-0.4, -0.2) is 34.5 Å². The molecule has 484 valence electrons. The third kappa shape index (κ3) is 10.4. The summed E-state index contributed by atoms with van der Waals surface area (Å²) < 4.78 is 104. The predicted molar refractivity (Wildman–Crippen MR) is 427 cm³/mol. The van der Waals surface area contributed by atoms with Crippen LogP contribution in [0.25, 0.3) is 191 Å². The maximum Gasteiger partial charge on any atom is 0.165 e. The van der Waals surface area contributed by atoms with Crippen LogP contribution >= 0.6 is 34.3 Å². The topological polar surface area (TPSA) is 109 Å². The lowest BCUT2D eigenvalue weighted by molar-refractivity contribution is 0.668. The molecule has 0 amide bonds. The highest BCUT2D eigenvalue weighted by atomic mass is 35.5. The number of aromatic nitrogens is 7. The fourth-order valence-corrected chi connectivity index (χ4v) is 17.0. The highest BCUT2D eigenvalue weighted by Crippen LogP contribution is 2.45. The van der Waals surface area contributed by atoms with Crippen molar-refractivity contribution >= 4 is 140 Å². The van der Waals surface area contributed by atoms with Gasteiger partial charge in [-0.2, -0.15) is 0 Å². The van der Waals surface area contributed by atoms with E-state index in [0.717, 1.165) is 96.2 Å². The minimum absolute atomic E-state index is 0.0152. The third-order valence-corrected chi connectivity index (χ3v) is 21.6. The molecule has 0 radical (unpaired) electrons. The number of fused-ring (bicyclic) bond motifs is 18. The molecule has 7 heterocycles. The van der Waals surface area contributed by atoms with Crippen LogP contribution < -0.4 is 0 Å². The Hall–Kier alpha value is -12.8. The van der Waals surface area contributed by atoms with Gasteiger partial charge >= 0.3 is 0 Å². The van der Waals surface area contributed by atoms with Crippen LogP contribution in [0.3, 0.4) is 0 Å². The van der Waals surface area contributed by atoms with Crippen molar-refractivity contribution < 1.29 is 22.5 Å². The Morgan fingerprint density at radius 2 is 0.709 bits per heavy atom. The van der Waals surface area contributed by atoms with E-state index in [2.05, 4.69) is 144 Å². The molecule has 9 nitrogen and oxygen atoms in total. The van der Waals surface area contributed by atoms with Crippen molar-refractivity contribution in [3.8, 4) is 85.1 Å². The molecule has 22 rings (SSSR count). The largest absolute Gasteiger partial charge is 0.456 e. The van der Waals surface area contributed by atoms with Crippen LogP contribution in [0.1, 0.15) is 24.8 Å². The van der Waals surface area contributed by atoms with Gasteiger partial charge in [-0.3, -0.25) is 0 Å². The predicted octanol–water partition coefficient (Wildman–Crippen LogP) is 25.3. The van der Waals surface area contributed by atoms with Gasteiger partial charge in [-0.1, -0.05) is 242 Å². The second kappa shape index (κ2) is 24.8. The molecule has 0 atom stereocenters. The number of hydrogen-bond donors (Lipinski definition) is 0. The summed E-state index contributed by atoms with van der Waals surface area (Å²) in [7, 11) is 0. The van der Waals surface area contributed by atoms with Gasteiger partial charge in [-0.05, 0) is 101 Å². The number of halogens is 1. The lowest BCUT2D eigenvalue weighted by Gasteiger charge is -2.10. The van der Waals surface area contributed by atoms with E-state index in [0.29, 0.717) is 50.1 Å². The molecule has 0 aliphatic heterocycles. The monoisotopic (exact) mass is 1390 g/mol. The first kappa shape index (κ1) is 50.5. The van der Waals surface area contributed by atoms with Crippen LogP contribution in [0.2, 0.25) is 5.02 Å². The van der Waals surface area contributed by atoms with E-state index < -0.39 is 36.3 Å². The number of benzene rings is 14. The Bertz CT molecular complexity index is 7470. The molecular weight excluding hydrogens is 1320 g/mol. The zero-order valence-electron chi connectivity index (χ0n) is 64.1. The van der Waals surface area contributed by atoms with E-state index in [-0.39, 0.29) is 58.6 Å². The molecule has 0 N–H and O–H groups in total. The van der Waals surface area contributed by atoms with Crippen molar-refractivity contribution in [2.75, 3.05) is 0 Å². The second-order valence-electron chi connectivity index (χ2n) is 24.9. The van der Waals surface area contributed by atoms with Gasteiger partial charge in [0.2, 0.25) is 0 Å². The van der Waals surface area contributed by atoms with Gasteiger partial charge in [0.1, 0.15) is 22.3 Å². The quantitative estimate of drug-likeness (QED) is 0.155. The molecule has 14 aromatic carbocycles. The number of thiophene rings is 2. The van der Waals surface area contributed by atoms with Gasteiger partial charge in [0.15, 0.2) is 34.9 Å². The average Bonchev–Trinajstić information content (AvgIpc) is 1.44. The zero-order chi connectivity index (χ0) is 76.8. The zero-order valence-corrected chi connectivity index (χ0v) is 56.5. The van der Waals surface area contributed by atoms with Crippen molar-refractivity contribution in [1.29, 1.82) is 0 Å². The molecule has 103 heavy (non-hydrogen) atoms. The minimum Gasteiger partial charge on any atom is -0.456 e. The van der Waals surface area contributed by atoms with E-state index in [4.69, 9.17) is 64.0 Å². The normalized spacial score (nSPS) is 13.3. The van der Waals surface area contributed by atoms with Crippen LogP contribution in [0.15, 0.2) is 324 Å². The molecule has 0 fully saturated rings. The Kier molecular flexibility index (Phi) is 12.2. The highest BCUT2D eigenvalue weighted by molar-refractivity contribution is 7.26. The van der Waals surface area contributed by atoms with Crippen LogP contribution in [0, 0.1) is 0 Å². The summed E-state index contributed by atoms with van der Waals surface area (Å²) in [4.78, 5) is 29.3. The second-order valence-corrected chi connectivity index (χ2v) is 27.5. The SMILES string of the molecule is [2H]c1c([2H])c([2H])c(-c2nc(-c3cccc4c3sc3ccccc34)nc(-c3cccc4oc5cc(-n6c7ccccc7c7ccccc76)ccc5c34)n2)c([2H])c1[2H].[2H]c1c([2H])c([2H])c(-c2nc(-c3cccc4c3sc3ccccc34)nc(-c3cccc4oc5cc(Cl)ccc5c34)n2)c([2H])c1[2H].c1ccc2c(c1)Cc1ccccc1-2. The summed E-state index contributed by atoms with van der Waals surface area (Å²) >= 11 is 9.50. The van der Waals surface area contributed by atoms with Crippen LogP contribution in [-0.2, 0) is 6.42 Å². The summed E-state index contributed by atoms with van der Waals surface area (Å²) in [5.74, 6) is 1.17. The molecule has 12 heteroatoms. The minimum atomic E-state index is -0.485. The summed E-state index contributed by atoms with van der Waals surface area (Å²) in [6, 6.07) is 80.8.